The van der Waals surface area contributed by atoms with Gasteiger partial charge >= 0.3 is 0 Å². The monoisotopic (exact) mass is 264 g/mol. The van der Waals surface area contributed by atoms with E-state index in [1.165, 1.54) is 0 Å². The van der Waals surface area contributed by atoms with Crippen LogP contribution in [0.4, 0.5) is 0 Å². The molecule has 1 rings (SSSR count). The van der Waals surface area contributed by atoms with Crippen LogP contribution in [0.2, 0.25) is 0 Å². The smallest absolute Gasteiger partial charge is 0.215 e. The summed E-state index contributed by atoms with van der Waals surface area (Å²) in [5, 5.41) is 3.04. The highest BCUT2D eigenvalue weighted by Crippen LogP contribution is 2.16. The summed E-state index contributed by atoms with van der Waals surface area (Å²) >= 11 is 0. The standard InChI is InChI=1S/C11H24N2O3S/c1-3-12-7-9-17(14,15)13-8-5-6-11(10-13)16-4-2/h11-12H,3-10H2,1-2H3. The Labute approximate surface area is 105 Å². The second-order valence-corrected chi connectivity index (χ2v) is 6.34. The maximum Gasteiger partial charge on any atom is 0.215 e. The van der Waals surface area contributed by atoms with Crippen molar-refractivity contribution in [1.82, 2.24) is 9.62 Å². The Kier molecular flexibility index (Phi) is 6.40. The fourth-order valence-electron chi connectivity index (χ4n) is 2.04. The van der Waals surface area contributed by atoms with Gasteiger partial charge < -0.3 is 10.1 Å². The molecule has 1 fully saturated rings. The van der Waals surface area contributed by atoms with Crippen molar-refractivity contribution in [2.45, 2.75) is 32.8 Å². The Morgan fingerprint density at radius 1 is 1.41 bits per heavy atom. The fourth-order valence-corrected chi connectivity index (χ4v) is 3.50. The van der Waals surface area contributed by atoms with Gasteiger partial charge in [-0.25, -0.2) is 8.42 Å². The van der Waals surface area contributed by atoms with Crippen molar-refractivity contribution < 1.29 is 13.2 Å². The van der Waals surface area contributed by atoms with Crippen LogP contribution in [0.1, 0.15) is 26.7 Å². The summed E-state index contributed by atoms with van der Waals surface area (Å²) in [6, 6.07) is 0. The summed E-state index contributed by atoms with van der Waals surface area (Å²) in [6.45, 7) is 7.04. The summed E-state index contributed by atoms with van der Waals surface area (Å²) in [7, 11) is -3.12. The van der Waals surface area contributed by atoms with E-state index >= 15 is 0 Å². The van der Waals surface area contributed by atoms with E-state index in [4.69, 9.17) is 4.74 Å². The zero-order valence-corrected chi connectivity index (χ0v) is 11.6. The molecule has 0 amide bonds. The number of ether oxygens (including phenoxy) is 1. The molecule has 102 valence electrons. The number of nitrogens with zero attached hydrogens (tertiary/aromatic N) is 1. The highest BCUT2D eigenvalue weighted by molar-refractivity contribution is 7.89. The van der Waals surface area contributed by atoms with Gasteiger partial charge in [0.2, 0.25) is 10.0 Å². The van der Waals surface area contributed by atoms with Gasteiger partial charge in [0.1, 0.15) is 0 Å². The third-order valence-corrected chi connectivity index (χ3v) is 4.76. The molecule has 0 aliphatic carbocycles. The number of rotatable bonds is 7. The second-order valence-electron chi connectivity index (χ2n) is 4.25. The van der Waals surface area contributed by atoms with Crippen LogP contribution < -0.4 is 5.32 Å². The van der Waals surface area contributed by atoms with E-state index in [9.17, 15) is 8.42 Å². The highest BCUT2D eigenvalue weighted by atomic mass is 32.2. The Balaban J connectivity index is 2.46. The SMILES string of the molecule is CCNCCS(=O)(=O)N1CCCC(OCC)C1. The lowest BCUT2D eigenvalue weighted by Gasteiger charge is -2.31. The summed E-state index contributed by atoms with van der Waals surface area (Å²) < 4.78 is 31.2. The molecular formula is C11H24N2O3S. The molecule has 1 unspecified atom stereocenters. The van der Waals surface area contributed by atoms with Crippen molar-refractivity contribution in [3.8, 4) is 0 Å². The van der Waals surface area contributed by atoms with Gasteiger partial charge in [-0.15, -0.1) is 0 Å². The predicted octanol–water partition coefficient (Wildman–Crippen LogP) is 0.427. The zero-order valence-electron chi connectivity index (χ0n) is 10.8. The predicted molar refractivity (Wildman–Crippen MR) is 68.6 cm³/mol. The molecule has 1 aliphatic rings. The van der Waals surface area contributed by atoms with Crippen LogP contribution in [0.25, 0.3) is 0 Å². The largest absolute Gasteiger partial charge is 0.377 e. The first-order valence-corrected chi connectivity index (χ1v) is 8.01. The summed E-state index contributed by atoms with van der Waals surface area (Å²) in [6.07, 6.45) is 1.93. The van der Waals surface area contributed by atoms with Crippen molar-refractivity contribution in [2.24, 2.45) is 0 Å². The van der Waals surface area contributed by atoms with E-state index in [1.54, 1.807) is 4.31 Å². The van der Waals surface area contributed by atoms with Crippen molar-refractivity contribution in [2.75, 3.05) is 38.5 Å². The van der Waals surface area contributed by atoms with E-state index < -0.39 is 10.0 Å². The van der Waals surface area contributed by atoms with Crippen LogP contribution in [-0.2, 0) is 14.8 Å². The molecule has 0 spiro atoms. The van der Waals surface area contributed by atoms with E-state index in [1.807, 2.05) is 13.8 Å². The minimum Gasteiger partial charge on any atom is -0.377 e. The molecule has 17 heavy (non-hydrogen) atoms. The lowest BCUT2D eigenvalue weighted by molar-refractivity contribution is 0.0265. The van der Waals surface area contributed by atoms with Gasteiger partial charge in [-0.3, -0.25) is 0 Å². The number of nitrogens with one attached hydrogen (secondary N) is 1. The van der Waals surface area contributed by atoms with Gasteiger partial charge in [0, 0.05) is 26.2 Å². The van der Waals surface area contributed by atoms with Crippen molar-refractivity contribution in [3.05, 3.63) is 0 Å². The number of piperidine rings is 1. The van der Waals surface area contributed by atoms with Gasteiger partial charge in [0.05, 0.1) is 11.9 Å². The van der Waals surface area contributed by atoms with Gasteiger partial charge in [-0.2, -0.15) is 4.31 Å². The van der Waals surface area contributed by atoms with Crippen molar-refractivity contribution in [1.29, 1.82) is 0 Å². The van der Waals surface area contributed by atoms with Crippen LogP contribution in [0.5, 0.6) is 0 Å². The first-order valence-electron chi connectivity index (χ1n) is 6.40. The highest BCUT2D eigenvalue weighted by Gasteiger charge is 2.28. The maximum absolute atomic E-state index is 12.0. The Morgan fingerprint density at radius 2 is 2.18 bits per heavy atom. The van der Waals surface area contributed by atoms with Gasteiger partial charge in [-0.05, 0) is 26.3 Å². The summed E-state index contributed by atoms with van der Waals surface area (Å²) in [5.41, 5.74) is 0. The molecule has 0 radical (unpaired) electrons. The van der Waals surface area contributed by atoms with Crippen LogP contribution in [0.15, 0.2) is 0 Å². The normalized spacial score (nSPS) is 22.8. The first kappa shape index (κ1) is 14.9. The molecule has 5 nitrogen and oxygen atoms in total. The Bertz CT molecular complexity index is 304. The van der Waals surface area contributed by atoms with E-state index in [0.29, 0.717) is 26.2 Å². The Morgan fingerprint density at radius 3 is 2.82 bits per heavy atom. The topological polar surface area (TPSA) is 58.6 Å². The van der Waals surface area contributed by atoms with E-state index in [0.717, 1.165) is 19.4 Å². The minimum absolute atomic E-state index is 0.0719. The molecule has 6 heteroatoms. The number of hydrogen-bond donors (Lipinski definition) is 1. The first-order chi connectivity index (χ1) is 8.10. The molecule has 1 atom stereocenters. The third-order valence-electron chi connectivity index (χ3n) is 2.92. The van der Waals surface area contributed by atoms with Crippen LogP contribution in [0.3, 0.4) is 0 Å². The molecule has 0 bridgehead atoms. The van der Waals surface area contributed by atoms with Crippen molar-refractivity contribution in [3.63, 3.8) is 0 Å². The van der Waals surface area contributed by atoms with Gasteiger partial charge in [0.15, 0.2) is 0 Å². The van der Waals surface area contributed by atoms with Crippen molar-refractivity contribution >= 4 is 10.0 Å². The summed E-state index contributed by atoms with van der Waals surface area (Å²) in [4.78, 5) is 0. The van der Waals surface area contributed by atoms with Crippen LogP contribution >= 0.6 is 0 Å². The lowest BCUT2D eigenvalue weighted by atomic mass is 10.1. The maximum atomic E-state index is 12.0. The minimum atomic E-state index is -3.12. The molecule has 0 aromatic carbocycles. The quantitative estimate of drug-likeness (QED) is 0.677. The fraction of sp³-hybridized carbons (Fsp3) is 1.00. The number of sulfonamides is 1. The molecule has 1 heterocycles. The summed E-state index contributed by atoms with van der Waals surface area (Å²) in [5.74, 6) is 0.180. The van der Waals surface area contributed by atoms with Gasteiger partial charge in [-0.1, -0.05) is 6.92 Å². The number of hydrogen-bond acceptors (Lipinski definition) is 4. The second kappa shape index (κ2) is 7.31. The molecule has 0 saturated carbocycles. The Hall–Kier alpha value is -0.170. The molecule has 1 saturated heterocycles. The van der Waals surface area contributed by atoms with Crippen LogP contribution in [-0.4, -0.2) is 57.4 Å². The van der Waals surface area contributed by atoms with Gasteiger partial charge in [0.25, 0.3) is 0 Å². The van der Waals surface area contributed by atoms with Crippen LogP contribution in [0, 0.1) is 0 Å². The average Bonchev–Trinajstić information content (AvgIpc) is 2.30. The molecule has 1 N–H and O–H groups in total. The average molecular weight is 264 g/mol. The van der Waals surface area contributed by atoms with E-state index in [2.05, 4.69) is 5.32 Å². The molecule has 0 aromatic heterocycles. The van der Waals surface area contributed by atoms with E-state index in [-0.39, 0.29) is 11.9 Å². The molecular weight excluding hydrogens is 240 g/mol. The zero-order chi connectivity index (χ0) is 12.7. The lowest BCUT2D eigenvalue weighted by Crippen LogP contribution is -2.45. The molecule has 0 aromatic rings. The third kappa shape index (κ3) is 4.91. The molecule has 1 aliphatic heterocycles.